The fourth-order valence-corrected chi connectivity index (χ4v) is 2.79. The van der Waals surface area contributed by atoms with Crippen molar-refractivity contribution in [3.05, 3.63) is 29.3 Å². The molecule has 0 aliphatic carbocycles. The van der Waals surface area contributed by atoms with Crippen LogP contribution in [0.3, 0.4) is 0 Å². The zero-order chi connectivity index (χ0) is 16.4. The highest BCUT2D eigenvalue weighted by Gasteiger charge is 2.33. The zero-order valence-corrected chi connectivity index (χ0v) is 12.6. The molecule has 0 unspecified atom stereocenters. The molecule has 1 atom stereocenters. The third kappa shape index (κ3) is 3.90. The van der Waals surface area contributed by atoms with Gasteiger partial charge < -0.3 is 8.94 Å². The number of aryl methyl sites for hydroxylation is 1. The average Bonchev–Trinajstić information content (AvgIpc) is 3.08. The molecule has 0 aromatic carbocycles. The highest BCUT2D eigenvalue weighted by Crippen LogP contribution is 2.32. The van der Waals surface area contributed by atoms with Crippen molar-refractivity contribution in [1.82, 2.24) is 20.3 Å². The van der Waals surface area contributed by atoms with E-state index < -0.39 is 12.6 Å². The molecule has 0 bridgehead atoms. The van der Waals surface area contributed by atoms with Gasteiger partial charge in [-0.25, -0.2) is 0 Å². The first kappa shape index (κ1) is 16.0. The van der Waals surface area contributed by atoms with Crippen LogP contribution < -0.4 is 0 Å². The number of aromatic nitrogens is 3. The van der Waals surface area contributed by atoms with E-state index in [1.165, 1.54) is 0 Å². The monoisotopic (exact) mass is 330 g/mol. The Hall–Kier alpha value is -1.90. The van der Waals surface area contributed by atoms with Crippen molar-refractivity contribution in [2.75, 3.05) is 6.54 Å². The Balaban J connectivity index is 1.75. The van der Waals surface area contributed by atoms with E-state index >= 15 is 0 Å². The lowest BCUT2D eigenvalue weighted by molar-refractivity contribution is -0.131. The summed E-state index contributed by atoms with van der Waals surface area (Å²) in [4.78, 5) is 2.12. The van der Waals surface area contributed by atoms with Crippen molar-refractivity contribution in [2.45, 2.75) is 51.4 Å². The predicted molar refractivity (Wildman–Crippen MR) is 72.3 cm³/mol. The highest BCUT2D eigenvalue weighted by molar-refractivity contribution is 5.12. The van der Waals surface area contributed by atoms with Gasteiger partial charge in [0.25, 0.3) is 0 Å². The van der Waals surface area contributed by atoms with Crippen LogP contribution in [-0.4, -0.2) is 33.0 Å². The second-order valence-electron chi connectivity index (χ2n) is 5.72. The van der Waals surface area contributed by atoms with Crippen molar-refractivity contribution < 1.29 is 22.1 Å². The van der Waals surface area contributed by atoms with Crippen molar-refractivity contribution in [3.63, 3.8) is 0 Å². The summed E-state index contributed by atoms with van der Waals surface area (Å²) < 4.78 is 47.5. The summed E-state index contributed by atoms with van der Waals surface area (Å²) in [5, 5.41) is 11.1. The lowest BCUT2D eigenvalue weighted by Gasteiger charge is -2.33. The Morgan fingerprint density at radius 2 is 2.13 bits per heavy atom. The lowest BCUT2D eigenvalue weighted by Crippen LogP contribution is -2.33. The summed E-state index contributed by atoms with van der Waals surface area (Å²) in [5.74, 6) is 0.592. The van der Waals surface area contributed by atoms with Crippen LogP contribution in [0.15, 0.2) is 15.1 Å². The van der Waals surface area contributed by atoms with Crippen LogP contribution in [0.5, 0.6) is 0 Å². The van der Waals surface area contributed by atoms with E-state index in [0.29, 0.717) is 6.54 Å². The summed E-state index contributed by atoms with van der Waals surface area (Å²) in [7, 11) is 0. The number of nitrogens with zero attached hydrogens (tertiary/aromatic N) is 4. The molecule has 3 heterocycles. The largest absolute Gasteiger partial charge is 0.423 e. The van der Waals surface area contributed by atoms with Crippen molar-refractivity contribution in [2.24, 2.45) is 0 Å². The molecule has 0 spiro atoms. The van der Waals surface area contributed by atoms with Crippen LogP contribution in [-0.2, 0) is 13.0 Å². The molecule has 0 amide bonds. The lowest BCUT2D eigenvalue weighted by atomic mass is 10.0. The summed E-state index contributed by atoms with van der Waals surface area (Å²) in [6, 6.07) is -0.174. The fourth-order valence-electron chi connectivity index (χ4n) is 2.79. The van der Waals surface area contributed by atoms with Gasteiger partial charge in [0.15, 0.2) is 0 Å². The van der Waals surface area contributed by atoms with Crippen molar-refractivity contribution >= 4 is 0 Å². The maximum Gasteiger partial charge on any atom is 0.397 e. The molecule has 0 N–H and O–H groups in total. The molecular formula is C14H17F3N4O2. The molecule has 1 aliphatic rings. The second-order valence-corrected chi connectivity index (χ2v) is 5.72. The Morgan fingerprint density at radius 3 is 2.83 bits per heavy atom. The first-order valence-electron chi connectivity index (χ1n) is 7.45. The Labute approximate surface area is 130 Å². The third-order valence-corrected chi connectivity index (χ3v) is 3.96. The highest BCUT2D eigenvalue weighted by atomic mass is 19.4. The van der Waals surface area contributed by atoms with Crippen LogP contribution in [0, 0.1) is 6.92 Å². The molecule has 1 aliphatic heterocycles. The molecule has 2 aromatic heterocycles. The Morgan fingerprint density at radius 1 is 1.30 bits per heavy atom. The summed E-state index contributed by atoms with van der Waals surface area (Å²) in [6.45, 7) is 3.23. The van der Waals surface area contributed by atoms with Gasteiger partial charge in [-0.2, -0.15) is 13.2 Å². The number of hydrogen-bond donors (Lipinski definition) is 0. The molecular weight excluding hydrogens is 313 g/mol. The maximum absolute atomic E-state index is 12.4. The number of piperidine rings is 1. The standard InChI is InChI=1S/C14H17F3N4O2/c1-9-10(7-18-23-9)8-21-5-3-2-4-11(21)13-20-19-12(22-13)6-14(15,16)17/h7,11H,2-6,8H2,1H3/t11-/m1/s1. The number of likely N-dealkylation sites (tertiary alicyclic amines) is 1. The van der Waals surface area contributed by atoms with Gasteiger partial charge in [0.05, 0.1) is 12.2 Å². The third-order valence-electron chi connectivity index (χ3n) is 3.96. The summed E-state index contributed by atoms with van der Waals surface area (Å²) >= 11 is 0. The Kier molecular flexibility index (Phi) is 4.38. The predicted octanol–water partition coefficient (Wildman–Crippen LogP) is 3.20. The minimum Gasteiger partial charge on any atom is -0.423 e. The normalized spacial score (nSPS) is 20.1. The molecule has 126 valence electrons. The van der Waals surface area contributed by atoms with E-state index in [1.54, 1.807) is 6.20 Å². The van der Waals surface area contributed by atoms with E-state index in [-0.39, 0.29) is 17.8 Å². The average molecular weight is 330 g/mol. The molecule has 1 fully saturated rings. The van der Waals surface area contributed by atoms with Gasteiger partial charge >= 0.3 is 6.18 Å². The van der Waals surface area contributed by atoms with Crippen LogP contribution in [0.25, 0.3) is 0 Å². The number of hydrogen-bond acceptors (Lipinski definition) is 6. The molecule has 1 saturated heterocycles. The van der Waals surface area contributed by atoms with Gasteiger partial charge in [0.1, 0.15) is 12.2 Å². The number of rotatable bonds is 4. The van der Waals surface area contributed by atoms with Crippen molar-refractivity contribution in [3.8, 4) is 0 Å². The second kappa shape index (κ2) is 6.31. The molecule has 2 aromatic rings. The van der Waals surface area contributed by atoms with Gasteiger partial charge in [0.2, 0.25) is 11.8 Å². The van der Waals surface area contributed by atoms with E-state index in [2.05, 4.69) is 20.3 Å². The quantitative estimate of drug-likeness (QED) is 0.857. The smallest absolute Gasteiger partial charge is 0.397 e. The first-order valence-corrected chi connectivity index (χ1v) is 7.45. The van der Waals surface area contributed by atoms with Gasteiger partial charge in [-0.1, -0.05) is 11.6 Å². The topological polar surface area (TPSA) is 68.2 Å². The molecule has 0 radical (unpaired) electrons. The van der Waals surface area contributed by atoms with Crippen LogP contribution in [0.4, 0.5) is 13.2 Å². The fraction of sp³-hybridized carbons (Fsp3) is 0.643. The summed E-state index contributed by atoms with van der Waals surface area (Å²) in [6.07, 6.45) is -1.12. The van der Waals surface area contributed by atoms with E-state index in [4.69, 9.17) is 8.94 Å². The Bertz CT molecular complexity index is 652. The van der Waals surface area contributed by atoms with E-state index in [9.17, 15) is 13.2 Å². The minimum atomic E-state index is -4.35. The number of halogens is 3. The first-order chi connectivity index (χ1) is 10.9. The molecule has 23 heavy (non-hydrogen) atoms. The molecule has 0 saturated carbocycles. The molecule has 6 nitrogen and oxygen atoms in total. The molecule has 3 rings (SSSR count). The van der Waals surface area contributed by atoms with Crippen LogP contribution in [0.1, 0.15) is 48.4 Å². The van der Waals surface area contributed by atoms with Crippen molar-refractivity contribution in [1.29, 1.82) is 0 Å². The van der Waals surface area contributed by atoms with Crippen LogP contribution >= 0.6 is 0 Å². The van der Waals surface area contributed by atoms with Gasteiger partial charge in [-0.3, -0.25) is 4.90 Å². The SMILES string of the molecule is Cc1oncc1CN1CCCC[C@@H]1c1nnc(CC(F)(F)F)o1. The molecule has 9 heteroatoms. The van der Waals surface area contributed by atoms with Gasteiger partial charge in [-0.15, -0.1) is 10.2 Å². The van der Waals surface area contributed by atoms with Gasteiger partial charge in [-0.05, 0) is 26.3 Å². The van der Waals surface area contributed by atoms with E-state index in [0.717, 1.165) is 37.1 Å². The van der Waals surface area contributed by atoms with Gasteiger partial charge in [0, 0.05) is 12.1 Å². The van der Waals surface area contributed by atoms with Crippen LogP contribution in [0.2, 0.25) is 0 Å². The maximum atomic E-state index is 12.4. The summed E-state index contributed by atoms with van der Waals surface area (Å²) in [5.41, 5.74) is 0.951. The van der Waals surface area contributed by atoms with E-state index in [1.807, 2.05) is 6.92 Å². The zero-order valence-electron chi connectivity index (χ0n) is 12.6. The minimum absolute atomic E-state index is 0.174. The number of alkyl halides is 3.